The standard InChI is InChI=1S/C23H21F3OSi/c1-22(2,3)28(17-9-5-4-6-10-17)21-14-13-16(23(24,25)26)15-19(21)18-11-7-8-12-20(18)27-28/h4-15H,1-3H3/t28-/m1/s1. The average molecular weight is 399 g/mol. The van der Waals surface area contributed by atoms with Crippen LogP contribution in [0, 0.1) is 0 Å². The van der Waals surface area contributed by atoms with E-state index in [-0.39, 0.29) is 5.04 Å². The predicted molar refractivity (Wildman–Crippen MR) is 109 cm³/mol. The molecule has 0 fully saturated rings. The van der Waals surface area contributed by atoms with Gasteiger partial charge in [-0.05, 0) is 39.2 Å². The lowest BCUT2D eigenvalue weighted by molar-refractivity contribution is -0.137. The zero-order valence-electron chi connectivity index (χ0n) is 16.0. The number of benzene rings is 3. The second-order valence-corrected chi connectivity index (χ2v) is 12.3. The first-order chi connectivity index (χ1) is 13.1. The fourth-order valence-electron chi connectivity index (χ4n) is 4.13. The summed E-state index contributed by atoms with van der Waals surface area (Å²) in [4.78, 5) is 0. The molecule has 0 amide bonds. The summed E-state index contributed by atoms with van der Waals surface area (Å²) in [6, 6.07) is 21.4. The van der Waals surface area contributed by atoms with E-state index >= 15 is 0 Å². The van der Waals surface area contributed by atoms with E-state index in [0.717, 1.165) is 10.4 Å². The Morgan fingerprint density at radius 3 is 2.04 bits per heavy atom. The Kier molecular flexibility index (Phi) is 4.19. The van der Waals surface area contributed by atoms with Crippen LogP contribution in [0.5, 0.6) is 5.75 Å². The van der Waals surface area contributed by atoms with Crippen LogP contribution in [-0.2, 0) is 6.18 Å². The number of hydrogen-bond donors (Lipinski definition) is 0. The lowest BCUT2D eigenvalue weighted by Gasteiger charge is -2.46. The zero-order valence-corrected chi connectivity index (χ0v) is 17.0. The Morgan fingerprint density at radius 1 is 0.750 bits per heavy atom. The van der Waals surface area contributed by atoms with Crippen LogP contribution in [0.1, 0.15) is 26.3 Å². The number of rotatable bonds is 1. The largest absolute Gasteiger partial charge is 0.534 e. The van der Waals surface area contributed by atoms with Crippen LogP contribution in [-0.4, -0.2) is 8.32 Å². The molecule has 0 saturated carbocycles. The van der Waals surface area contributed by atoms with E-state index in [2.05, 4.69) is 20.8 Å². The molecule has 3 aromatic rings. The van der Waals surface area contributed by atoms with E-state index in [1.54, 1.807) is 6.07 Å². The lowest BCUT2D eigenvalue weighted by Crippen LogP contribution is -2.70. The summed E-state index contributed by atoms with van der Waals surface area (Å²) in [5.41, 5.74) is 0.710. The Bertz CT molecular complexity index is 1020. The minimum absolute atomic E-state index is 0.281. The predicted octanol–water partition coefficient (Wildman–Crippen LogP) is 5.62. The number of alkyl halides is 3. The number of fused-ring (bicyclic) bond motifs is 3. The van der Waals surface area contributed by atoms with Crippen molar-refractivity contribution in [2.24, 2.45) is 0 Å². The first-order valence-electron chi connectivity index (χ1n) is 9.20. The maximum atomic E-state index is 13.5. The van der Waals surface area contributed by atoms with E-state index in [4.69, 9.17) is 4.43 Å². The Labute approximate surface area is 163 Å². The fraction of sp³-hybridized carbons (Fsp3) is 0.217. The molecule has 0 bridgehead atoms. The van der Waals surface area contributed by atoms with Gasteiger partial charge < -0.3 is 4.43 Å². The molecule has 28 heavy (non-hydrogen) atoms. The van der Waals surface area contributed by atoms with Crippen molar-refractivity contribution in [2.75, 3.05) is 0 Å². The maximum Gasteiger partial charge on any atom is 0.416 e. The van der Waals surface area contributed by atoms with Crippen molar-refractivity contribution in [3.8, 4) is 16.9 Å². The molecule has 0 saturated heterocycles. The molecule has 1 nitrogen and oxygen atoms in total. The highest BCUT2D eigenvalue weighted by molar-refractivity contribution is 7.01. The molecule has 1 aliphatic rings. The molecule has 0 N–H and O–H groups in total. The lowest BCUT2D eigenvalue weighted by atomic mass is 10.0. The van der Waals surface area contributed by atoms with Gasteiger partial charge in [0.2, 0.25) is 0 Å². The first-order valence-corrected chi connectivity index (χ1v) is 11.1. The summed E-state index contributed by atoms with van der Waals surface area (Å²) in [5, 5.41) is 1.66. The third-order valence-electron chi connectivity index (χ3n) is 5.40. The van der Waals surface area contributed by atoms with E-state index in [0.29, 0.717) is 16.9 Å². The molecule has 0 aromatic heterocycles. The fourth-order valence-corrected chi connectivity index (χ4v) is 8.72. The zero-order chi connectivity index (χ0) is 20.2. The molecule has 4 rings (SSSR count). The van der Waals surface area contributed by atoms with Crippen LogP contribution in [0.25, 0.3) is 11.1 Å². The third-order valence-corrected chi connectivity index (χ3v) is 10.4. The molecule has 144 valence electrons. The van der Waals surface area contributed by atoms with Gasteiger partial charge in [-0.3, -0.25) is 0 Å². The van der Waals surface area contributed by atoms with Crippen molar-refractivity contribution >= 4 is 18.7 Å². The van der Waals surface area contributed by atoms with Crippen molar-refractivity contribution in [3.63, 3.8) is 0 Å². The topological polar surface area (TPSA) is 9.23 Å². The maximum absolute atomic E-state index is 13.5. The van der Waals surface area contributed by atoms with Crippen LogP contribution in [0.2, 0.25) is 5.04 Å². The van der Waals surface area contributed by atoms with Gasteiger partial charge in [0.25, 0.3) is 0 Å². The second kappa shape index (κ2) is 6.24. The monoisotopic (exact) mass is 398 g/mol. The van der Waals surface area contributed by atoms with E-state index in [1.165, 1.54) is 12.1 Å². The van der Waals surface area contributed by atoms with Gasteiger partial charge in [-0.2, -0.15) is 13.2 Å². The van der Waals surface area contributed by atoms with Gasteiger partial charge in [0, 0.05) is 5.56 Å². The highest BCUT2D eigenvalue weighted by atomic mass is 28.4. The molecular weight excluding hydrogens is 377 g/mol. The molecular formula is C23H21F3OSi. The van der Waals surface area contributed by atoms with E-state index < -0.39 is 20.1 Å². The van der Waals surface area contributed by atoms with Crippen LogP contribution in [0.3, 0.4) is 0 Å². The summed E-state index contributed by atoms with van der Waals surface area (Å²) < 4.78 is 47.2. The molecule has 0 unspecified atom stereocenters. The highest BCUT2D eigenvalue weighted by Gasteiger charge is 2.55. The molecule has 1 heterocycles. The van der Waals surface area contributed by atoms with Crippen LogP contribution < -0.4 is 14.8 Å². The molecule has 0 radical (unpaired) electrons. The van der Waals surface area contributed by atoms with Gasteiger partial charge in [-0.15, -0.1) is 0 Å². The van der Waals surface area contributed by atoms with Crippen molar-refractivity contribution < 1.29 is 17.6 Å². The molecule has 5 heteroatoms. The molecule has 0 spiro atoms. The molecule has 1 atom stereocenters. The van der Waals surface area contributed by atoms with Gasteiger partial charge in [-0.25, -0.2) is 0 Å². The minimum atomic E-state index is -4.39. The molecule has 1 aliphatic heterocycles. The minimum Gasteiger partial charge on any atom is -0.534 e. The van der Waals surface area contributed by atoms with E-state index in [9.17, 15) is 13.2 Å². The van der Waals surface area contributed by atoms with Crippen molar-refractivity contribution in [1.82, 2.24) is 0 Å². The SMILES string of the molecule is CC(C)(C)[Si@]1(c2ccccc2)Oc2ccccc2-c2cc(C(F)(F)F)ccc21. The summed E-state index contributed by atoms with van der Waals surface area (Å²) in [6.07, 6.45) is -4.39. The summed E-state index contributed by atoms with van der Waals surface area (Å²) in [7, 11) is -2.88. The van der Waals surface area contributed by atoms with E-state index in [1.807, 2.05) is 54.6 Å². The second-order valence-electron chi connectivity index (χ2n) is 8.15. The third kappa shape index (κ3) is 2.76. The molecule has 0 aliphatic carbocycles. The summed E-state index contributed by atoms with van der Waals surface area (Å²) >= 11 is 0. The van der Waals surface area contributed by atoms with Gasteiger partial charge in [0.05, 0.1) is 5.56 Å². The number of halogens is 3. The first kappa shape index (κ1) is 18.8. The van der Waals surface area contributed by atoms with Crippen molar-refractivity contribution in [2.45, 2.75) is 32.0 Å². The Balaban J connectivity index is 2.10. The quantitative estimate of drug-likeness (QED) is 0.483. The van der Waals surface area contributed by atoms with Gasteiger partial charge in [0.1, 0.15) is 5.75 Å². The summed E-state index contributed by atoms with van der Waals surface area (Å²) in [5.74, 6) is 0.653. The smallest absolute Gasteiger partial charge is 0.416 e. The Hall–Kier alpha value is -2.53. The Morgan fingerprint density at radius 2 is 1.39 bits per heavy atom. The van der Waals surface area contributed by atoms with Gasteiger partial charge in [-0.1, -0.05) is 75.4 Å². The average Bonchev–Trinajstić information content (AvgIpc) is 2.66. The van der Waals surface area contributed by atoms with Crippen LogP contribution in [0.15, 0.2) is 72.8 Å². The van der Waals surface area contributed by atoms with Crippen LogP contribution >= 0.6 is 0 Å². The number of hydrogen-bond acceptors (Lipinski definition) is 1. The summed E-state index contributed by atoms with van der Waals surface area (Å²) in [6.45, 7) is 6.34. The van der Waals surface area contributed by atoms with Gasteiger partial charge >= 0.3 is 14.5 Å². The van der Waals surface area contributed by atoms with Crippen molar-refractivity contribution in [3.05, 3.63) is 78.4 Å². The molecule has 3 aromatic carbocycles. The van der Waals surface area contributed by atoms with Gasteiger partial charge in [0.15, 0.2) is 0 Å². The van der Waals surface area contributed by atoms with Crippen LogP contribution in [0.4, 0.5) is 13.2 Å². The number of para-hydroxylation sites is 1. The normalized spacial score (nSPS) is 18.8. The highest BCUT2D eigenvalue weighted by Crippen LogP contribution is 2.46. The van der Waals surface area contributed by atoms with Crippen molar-refractivity contribution in [1.29, 1.82) is 0 Å².